The molecule has 0 aliphatic carbocycles. The van der Waals surface area contributed by atoms with Crippen molar-refractivity contribution in [2.75, 3.05) is 26.1 Å². The summed E-state index contributed by atoms with van der Waals surface area (Å²) in [6.45, 7) is 1.83. The SMILES string of the molecule is COc1ccc(/C=C/C(=O)/C(C)=C/c2ccc(N(C)C)cc2)cc1. The lowest BCUT2D eigenvalue weighted by atomic mass is 10.1. The zero-order valence-electron chi connectivity index (χ0n) is 14.6. The highest BCUT2D eigenvalue weighted by Gasteiger charge is 2.01. The van der Waals surface area contributed by atoms with Gasteiger partial charge in [0.05, 0.1) is 7.11 Å². The van der Waals surface area contributed by atoms with E-state index in [4.69, 9.17) is 4.74 Å². The molecule has 3 nitrogen and oxygen atoms in total. The zero-order chi connectivity index (χ0) is 17.5. The Morgan fingerprint density at radius 3 is 2.08 bits per heavy atom. The van der Waals surface area contributed by atoms with E-state index < -0.39 is 0 Å². The largest absolute Gasteiger partial charge is 0.497 e. The first-order valence-corrected chi connectivity index (χ1v) is 7.82. The number of anilines is 1. The van der Waals surface area contributed by atoms with Gasteiger partial charge in [0, 0.05) is 19.8 Å². The molecule has 124 valence electrons. The lowest BCUT2D eigenvalue weighted by Gasteiger charge is -2.11. The summed E-state index contributed by atoms with van der Waals surface area (Å²) < 4.78 is 5.12. The van der Waals surface area contributed by atoms with Crippen LogP contribution in [0.5, 0.6) is 5.75 Å². The molecule has 2 aromatic rings. The number of allylic oxidation sites excluding steroid dienone is 2. The van der Waals surface area contributed by atoms with Gasteiger partial charge in [-0.1, -0.05) is 30.3 Å². The van der Waals surface area contributed by atoms with Gasteiger partial charge in [0.25, 0.3) is 0 Å². The van der Waals surface area contributed by atoms with Gasteiger partial charge in [-0.3, -0.25) is 4.79 Å². The quantitative estimate of drug-likeness (QED) is 0.736. The van der Waals surface area contributed by atoms with E-state index in [0.717, 1.165) is 22.6 Å². The first kappa shape index (κ1) is 17.5. The summed E-state index contributed by atoms with van der Waals surface area (Å²) in [7, 11) is 5.64. The van der Waals surface area contributed by atoms with Crippen molar-refractivity contribution in [1.29, 1.82) is 0 Å². The van der Waals surface area contributed by atoms with Crippen LogP contribution >= 0.6 is 0 Å². The van der Waals surface area contributed by atoms with E-state index in [-0.39, 0.29) is 5.78 Å². The van der Waals surface area contributed by atoms with Gasteiger partial charge in [-0.2, -0.15) is 0 Å². The predicted molar refractivity (Wildman–Crippen MR) is 101 cm³/mol. The van der Waals surface area contributed by atoms with Crippen LogP contribution in [0.25, 0.3) is 12.2 Å². The van der Waals surface area contributed by atoms with Crippen molar-refractivity contribution in [3.8, 4) is 5.75 Å². The van der Waals surface area contributed by atoms with Crippen LogP contribution < -0.4 is 9.64 Å². The van der Waals surface area contributed by atoms with Crippen LogP contribution in [0, 0.1) is 0 Å². The highest BCUT2D eigenvalue weighted by molar-refractivity contribution is 6.08. The monoisotopic (exact) mass is 321 g/mol. The Bertz CT molecular complexity index is 738. The average molecular weight is 321 g/mol. The summed E-state index contributed by atoms with van der Waals surface area (Å²) in [6.07, 6.45) is 5.32. The minimum Gasteiger partial charge on any atom is -0.497 e. The number of rotatable bonds is 6. The molecule has 0 aliphatic rings. The smallest absolute Gasteiger partial charge is 0.181 e. The summed E-state index contributed by atoms with van der Waals surface area (Å²) in [5.74, 6) is 0.804. The third kappa shape index (κ3) is 4.85. The molecular formula is C21H23NO2. The minimum absolute atomic E-state index is 0.00232. The van der Waals surface area contributed by atoms with E-state index in [1.165, 1.54) is 0 Å². The van der Waals surface area contributed by atoms with Gasteiger partial charge in [-0.15, -0.1) is 0 Å². The Morgan fingerprint density at radius 1 is 0.958 bits per heavy atom. The molecule has 0 saturated heterocycles. The average Bonchev–Trinajstić information content (AvgIpc) is 2.60. The van der Waals surface area contributed by atoms with Crippen molar-refractivity contribution in [2.24, 2.45) is 0 Å². The maximum atomic E-state index is 12.2. The van der Waals surface area contributed by atoms with E-state index in [9.17, 15) is 4.79 Å². The molecule has 0 aromatic heterocycles. The van der Waals surface area contributed by atoms with Crippen LogP contribution in [0.2, 0.25) is 0 Å². The number of hydrogen-bond donors (Lipinski definition) is 0. The molecule has 0 fully saturated rings. The standard InChI is InChI=1S/C21H23NO2/c1-16(15-18-5-10-19(11-6-18)22(2)3)21(23)14-9-17-7-12-20(24-4)13-8-17/h5-15H,1-4H3/b14-9+,16-15+. The van der Waals surface area contributed by atoms with Gasteiger partial charge >= 0.3 is 0 Å². The second kappa shape index (κ2) is 8.16. The highest BCUT2D eigenvalue weighted by atomic mass is 16.5. The summed E-state index contributed by atoms with van der Waals surface area (Å²) >= 11 is 0. The Hall–Kier alpha value is -2.81. The summed E-state index contributed by atoms with van der Waals surface area (Å²) in [5, 5.41) is 0. The maximum absolute atomic E-state index is 12.2. The van der Waals surface area contributed by atoms with E-state index in [0.29, 0.717) is 5.57 Å². The number of ketones is 1. The molecule has 0 N–H and O–H groups in total. The molecular weight excluding hydrogens is 298 g/mol. The molecule has 2 rings (SSSR count). The van der Waals surface area contributed by atoms with Crippen LogP contribution in [0.3, 0.4) is 0 Å². The number of carbonyl (C=O) groups is 1. The third-order valence-electron chi connectivity index (χ3n) is 3.72. The molecule has 0 aliphatic heterocycles. The third-order valence-corrected chi connectivity index (χ3v) is 3.72. The fraction of sp³-hybridized carbons (Fsp3) is 0.190. The second-order valence-electron chi connectivity index (χ2n) is 5.78. The molecule has 0 saturated carbocycles. The second-order valence-corrected chi connectivity index (χ2v) is 5.78. The number of nitrogens with zero attached hydrogens (tertiary/aromatic N) is 1. The Kier molecular flexibility index (Phi) is 5.96. The van der Waals surface area contributed by atoms with Gasteiger partial charge in [-0.05, 0) is 60.0 Å². The van der Waals surface area contributed by atoms with Crippen LogP contribution in [-0.4, -0.2) is 27.0 Å². The Balaban J connectivity index is 2.05. The van der Waals surface area contributed by atoms with Crippen LogP contribution in [0.4, 0.5) is 5.69 Å². The first-order valence-electron chi connectivity index (χ1n) is 7.82. The molecule has 0 spiro atoms. The normalized spacial score (nSPS) is 11.6. The first-order chi connectivity index (χ1) is 11.5. The van der Waals surface area contributed by atoms with Crippen molar-refractivity contribution in [3.63, 3.8) is 0 Å². The van der Waals surface area contributed by atoms with E-state index in [1.807, 2.05) is 86.6 Å². The molecule has 0 bridgehead atoms. The van der Waals surface area contributed by atoms with Crippen LogP contribution in [0.1, 0.15) is 18.1 Å². The molecule has 0 amide bonds. The van der Waals surface area contributed by atoms with E-state index in [2.05, 4.69) is 0 Å². The fourth-order valence-corrected chi connectivity index (χ4v) is 2.21. The molecule has 3 heteroatoms. The number of hydrogen-bond acceptors (Lipinski definition) is 3. The van der Waals surface area contributed by atoms with Crippen molar-refractivity contribution in [3.05, 3.63) is 71.3 Å². The predicted octanol–water partition coefficient (Wildman–Crippen LogP) is 4.45. The summed E-state index contributed by atoms with van der Waals surface area (Å²) in [6, 6.07) is 15.7. The summed E-state index contributed by atoms with van der Waals surface area (Å²) in [5.41, 5.74) is 3.82. The lowest BCUT2D eigenvalue weighted by Crippen LogP contribution is -2.07. The minimum atomic E-state index is 0.00232. The molecule has 0 radical (unpaired) electrons. The number of ether oxygens (including phenoxy) is 1. The van der Waals surface area contributed by atoms with Crippen molar-refractivity contribution in [2.45, 2.75) is 6.92 Å². The van der Waals surface area contributed by atoms with Crippen molar-refractivity contribution >= 4 is 23.6 Å². The van der Waals surface area contributed by atoms with Gasteiger partial charge < -0.3 is 9.64 Å². The molecule has 0 heterocycles. The van der Waals surface area contributed by atoms with Gasteiger partial charge in [0.15, 0.2) is 5.78 Å². The van der Waals surface area contributed by atoms with Gasteiger partial charge in [0.2, 0.25) is 0 Å². The molecule has 2 aromatic carbocycles. The highest BCUT2D eigenvalue weighted by Crippen LogP contribution is 2.16. The Labute approximate surface area is 143 Å². The summed E-state index contributed by atoms with van der Waals surface area (Å²) in [4.78, 5) is 14.3. The molecule has 24 heavy (non-hydrogen) atoms. The van der Waals surface area contributed by atoms with Gasteiger partial charge in [0.1, 0.15) is 5.75 Å². The number of methoxy groups -OCH3 is 1. The van der Waals surface area contributed by atoms with Crippen molar-refractivity contribution < 1.29 is 9.53 Å². The number of carbonyl (C=O) groups excluding carboxylic acids is 1. The fourth-order valence-electron chi connectivity index (χ4n) is 2.21. The Morgan fingerprint density at radius 2 is 1.54 bits per heavy atom. The van der Waals surface area contributed by atoms with Crippen LogP contribution in [0.15, 0.2) is 60.2 Å². The van der Waals surface area contributed by atoms with Gasteiger partial charge in [-0.25, -0.2) is 0 Å². The maximum Gasteiger partial charge on any atom is 0.181 e. The molecule has 0 atom stereocenters. The number of benzene rings is 2. The van der Waals surface area contributed by atoms with Crippen LogP contribution in [-0.2, 0) is 4.79 Å². The van der Waals surface area contributed by atoms with E-state index in [1.54, 1.807) is 13.2 Å². The topological polar surface area (TPSA) is 29.5 Å². The zero-order valence-corrected chi connectivity index (χ0v) is 14.6. The van der Waals surface area contributed by atoms with Crippen molar-refractivity contribution in [1.82, 2.24) is 0 Å². The lowest BCUT2D eigenvalue weighted by molar-refractivity contribution is -0.111. The molecule has 0 unspecified atom stereocenters. The van der Waals surface area contributed by atoms with E-state index >= 15 is 0 Å².